The number of aryl methyl sites for hydroxylation is 1. The van der Waals surface area contributed by atoms with E-state index >= 15 is 0 Å². The highest BCUT2D eigenvalue weighted by molar-refractivity contribution is 8.00. The Kier molecular flexibility index (Phi) is 7.27. The van der Waals surface area contributed by atoms with Crippen LogP contribution in [0.3, 0.4) is 0 Å². The molecule has 0 spiro atoms. The van der Waals surface area contributed by atoms with Gasteiger partial charge in [0, 0.05) is 35.2 Å². The number of carbonyl (C=O) groups is 3. The zero-order valence-corrected chi connectivity index (χ0v) is 25.5. The van der Waals surface area contributed by atoms with Gasteiger partial charge < -0.3 is 34.3 Å². The molecule has 2 aromatic carbocycles. The number of rotatable bonds is 3. The molecule has 6 atom stereocenters. The topological polar surface area (TPSA) is 155 Å². The molecule has 2 fully saturated rings. The highest BCUT2D eigenvalue weighted by atomic mass is 32.2. The van der Waals surface area contributed by atoms with Gasteiger partial charge in [-0.1, -0.05) is 6.07 Å². The van der Waals surface area contributed by atoms with E-state index in [9.17, 15) is 29.7 Å². The normalized spacial score (nSPS) is 28.3. The number of likely N-dealkylation sites (N-methyl/N-ethyl adjacent to an activating group) is 1. The maximum absolute atomic E-state index is 12.8. The molecule has 0 aromatic heterocycles. The second kappa shape index (κ2) is 10.6. The summed E-state index contributed by atoms with van der Waals surface area (Å²) in [6.07, 6.45) is -0.703. The van der Waals surface area contributed by atoms with Crippen molar-refractivity contribution < 1.29 is 48.7 Å². The number of esters is 2. The summed E-state index contributed by atoms with van der Waals surface area (Å²) in [7, 11) is 4.74. The number of cyclic esters (lactones) is 1. The van der Waals surface area contributed by atoms with Crippen molar-refractivity contribution in [2.24, 2.45) is 0 Å². The number of hydrogen-bond donors (Lipinski definition) is 3. The van der Waals surface area contributed by atoms with Gasteiger partial charge in [-0.25, -0.2) is 4.79 Å². The Morgan fingerprint density at radius 1 is 1.05 bits per heavy atom. The Labute approximate surface area is 252 Å². The van der Waals surface area contributed by atoms with Crippen LogP contribution in [0.15, 0.2) is 6.07 Å². The third kappa shape index (κ3) is 4.20. The van der Waals surface area contributed by atoms with Crippen LogP contribution < -0.4 is 14.2 Å². The third-order valence-electron chi connectivity index (χ3n) is 9.19. The van der Waals surface area contributed by atoms with Gasteiger partial charge in [-0.15, -0.1) is 11.8 Å². The van der Waals surface area contributed by atoms with E-state index in [1.165, 1.54) is 21.1 Å². The number of ketones is 1. The number of Topliss-reactive ketones (excluding diaryl/α,β-unsaturated/α-hetero) is 1. The minimum Gasteiger partial charge on any atom is -0.504 e. The maximum atomic E-state index is 12.8. The molecule has 43 heavy (non-hydrogen) atoms. The van der Waals surface area contributed by atoms with Crippen LogP contribution >= 0.6 is 11.8 Å². The van der Waals surface area contributed by atoms with Gasteiger partial charge in [-0.2, -0.15) is 0 Å². The summed E-state index contributed by atoms with van der Waals surface area (Å²) in [5.41, 5.74) is 3.33. The molecule has 2 aromatic rings. The number of nitrogens with zero attached hydrogens (tertiary/aromatic N) is 2. The molecule has 6 rings (SSSR count). The van der Waals surface area contributed by atoms with E-state index in [0.29, 0.717) is 28.9 Å². The third-order valence-corrected chi connectivity index (χ3v) is 10.5. The second-order valence-electron chi connectivity index (χ2n) is 11.4. The number of aromatic hydroxyl groups is 2. The smallest absolute Gasteiger partial charge is 0.375 e. The van der Waals surface area contributed by atoms with Crippen molar-refractivity contribution >= 4 is 29.5 Å². The monoisotopic (exact) mass is 614 g/mol. The number of methoxy groups -OCH3 is 2. The molecule has 2 saturated heterocycles. The van der Waals surface area contributed by atoms with Crippen LogP contribution in [0.2, 0.25) is 0 Å². The van der Waals surface area contributed by atoms with Gasteiger partial charge in [0.05, 0.1) is 43.3 Å². The van der Waals surface area contributed by atoms with Gasteiger partial charge in [-0.05, 0) is 38.4 Å². The van der Waals surface area contributed by atoms with Gasteiger partial charge >= 0.3 is 11.9 Å². The highest BCUT2D eigenvalue weighted by Gasteiger charge is 2.60. The first-order valence-electron chi connectivity index (χ1n) is 13.9. The summed E-state index contributed by atoms with van der Waals surface area (Å²) in [5, 5.41) is 34.6. The second-order valence-corrected chi connectivity index (χ2v) is 12.5. The van der Waals surface area contributed by atoms with Crippen LogP contribution in [-0.4, -0.2) is 94.8 Å². The molecule has 13 heteroatoms. The van der Waals surface area contributed by atoms with Gasteiger partial charge in [0.2, 0.25) is 5.78 Å². The van der Waals surface area contributed by atoms with Crippen LogP contribution in [0.5, 0.6) is 28.7 Å². The molecule has 0 unspecified atom stereocenters. The zero-order chi connectivity index (χ0) is 31.1. The molecular formula is C30H34N2O10S. The predicted octanol–water partition coefficient (Wildman–Crippen LogP) is 2.21. The summed E-state index contributed by atoms with van der Waals surface area (Å²) in [5.74, 6) is -2.28. The summed E-state index contributed by atoms with van der Waals surface area (Å²) >= 11 is 1.13. The number of carbonyl (C=O) groups excluding carboxylic acids is 3. The Bertz CT molecular complexity index is 1560. The molecule has 0 saturated carbocycles. The fraction of sp³-hybridized carbons (Fsp3) is 0.500. The van der Waals surface area contributed by atoms with E-state index < -0.39 is 53.4 Å². The molecule has 4 aliphatic rings. The lowest BCUT2D eigenvalue weighted by Crippen LogP contribution is -2.69. The molecule has 230 valence electrons. The Hall–Kier alpha value is -3.52. The average molecular weight is 615 g/mol. The summed E-state index contributed by atoms with van der Waals surface area (Å²) in [4.78, 5) is 41.7. The zero-order valence-electron chi connectivity index (χ0n) is 24.7. The number of fused-ring (bicyclic) bond motifs is 7. The SMILES string of the molecule is COc1c(C)cc2c(c1O)[C@@H]1[C@@H]3[C@@H]4SCC(=O)C(=O)OC[C@@H](c5c(O)c(OC)c(C)c(OC(C)=O)c54)N3[C@@H](O)[C@@H](C2)N1C. The lowest BCUT2D eigenvalue weighted by molar-refractivity contribution is -0.184. The Morgan fingerprint density at radius 3 is 2.37 bits per heavy atom. The molecular weight excluding hydrogens is 580 g/mol. The standard InChI is InChI=1S/C30H34N2O10S/c1-11-7-14-8-15-29(37)32-16-9-41-30(38)17(34)10-43-28(22(32)21(31(15)4)18(14)23(35)25(11)39-5)20-19(16)24(36)27(40-6)12(2)26(20)42-13(3)33/h7,15-16,21-22,28-29,35-37H,8-10H2,1-6H3/t15-,16+,21-,22-,28-,29+/m1/s1. The number of aliphatic hydroxyl groups excluding tert-OH is 1. The van der Waals surface area contributed by atoms with Crippen LogP contribution in [0.25, 0.3) is 0 Å². The van der Waals surface area contributed by atoms with Crippen LogP contribution in [0, 0.1) is 13.8 Å². The van der Waals surface area contributed by atoms with Crippen LogP contribution in [-0.2, 0) is 25.5 Å². The number of benzene rings is 2. The van der Waals surface area contributed by atoms with Crippen molar-refractivity contribution in [3.63, 3.8) is 0 Å². The van der Waals surface area contributed by atoms with Crippen molar-refractivity contribution in [2.75, 3.05) is 33.6 Å². The van der Waals surface area contributed by atoms with Gasteiger partial charge in [0.1, 0.15) is 18.6 Å². The molecule has 0 amide bonds. The van der Waals surface area contributed by atoms with E-state index in [1.54, 1.807) is 11.8 Å². The van der Waals surface area contributed by atoms with E-state index in [-0.39, 0.29) is 40.9 Å². The summed E-state index contributed by atoms with van der Waals surface area (Å²) in [6, 6.07) is -0.625. The fourth-order valence-electron chi connectivity index (χ4n) is 7.51. The molecule has 4 aliphatic heterocycles. The number of hydrogen-bond acceptors (Lipinski definition) is 13. The first-order chi connectivity index (χ1) is 20.4. The van der Waals surface area contributed by atoms with Crippen molar-refractivity contribution in [3.8, 4) is 28.7 Å². The lowest BCUT2D eigenvalue weighted by Gasteiger charge is -2.61. The van der Waals surface area contributed by atoms with Gasteiger partial charge in [-0.3, -0.25) is 19.4 Å². The summed E-state index contributed by atoms with van der Waals surface area (Å²) < 4.78 is 22.4. The fourth-order valence-corrected chi connectivity index (χ4v) is 8.85. The van der Waals surface area contributed by atoms with Crippen LogP contribution in [0.1, 0.15) is 57.6 Å². The van der Waals surface area contributed by atoms with E-state index in [2.05, 4.69) is 0 Å². The van der Waals surface area contributed by atoms with E-state index in [4.69, 9.17) is 18.9 Å². The Balaban J connectivity index is 1.70. The van der Waals surface area contributed by atoms with Gasteiger partial charge in [0.15, 0.2) is 23.0 Å². The highest BCUT2D eigenvalue weighted by Crippen LogP contribution is 2.63. The molecule has 0 radical (unpaired) electrons. The average Bonchev–Trinajstić information content (AvgIpc) is 2.95. The molecule has 3 N–H and O–H groups in total. The van der Waals surface area contributed by atoms with Gasteiger partial charge in [0.25, 0.3) is 0 Å². The van der Waals surface area contributed by atoms with Crippen molar-refractivity contribution in [1.82, 2.24) is 9.80 Å². The number of piperazine rings is 1. The number of ether oxygens (including phenoxy) is 4. The maximum Gasteiger partial charge on any atom is 0.375 e. The number of phenolic OH excluding ortho intramolecular Hbond substituents is 2. The minimum atomic E-state index is -1.11. The first-order valence-corrected chi connectivity index (χ1v) is 15.0. The number of aliphatic hydroxyl groups is 1. The van der Waals surface area contributed by atoms with E-state index in [0.717, 1.165) is 22.9 Å². The molecule has 4 bridgehead atoms. The van der Waals surface area contributed by atoms with Crippen LogP contribution in [0.4, 0.5) is 0 Å². The molecule has 4 heterocycles. The van der Waals surface area contributed by atoms with Crippen molar-refractivity contribution in [2.45, 2.75) is 62.8 Å². The number of thioether (sulfide) groups is 1. The Morgan fingerprint density at radius 2 is 1.72 bits per heavy atom. The minimum absolute atomic E-state index is 0.0150. The molecule has 0 aliphatic carbocycles. The number of phenols is 2. The molecule has 12 nitrogen and oxygen atoms in total. The largest absolute Gasteiger partial charge is 0.504 e. The quantitative estimate of drug-likeness (QED) is 0.263. The van der Waals surface area contributed by atoms with E-state index in [1.807, 2.05) is 24.9 Å². The summed E-state index contributed by atoms with van der Waals surface area (Å²) in [6.45, 7) is 4.39. The van der Waals surface area contributed by atoms with Crippen molar-refractivity contribution in [3.05, 3.63) is 39.4 Å². The first kappa shape index (κ1) is 29.5. The lowest BCUT2D eigenvalue weighted by atomic mass is 9.73. The predicted molar refractivity (Wildman–Crippen MR) is 154 cm³/mol. The van der Waals surface area contributed by atoms with Crippen molar-refractivity contribution in [1.29, 1.82) is 0 Å².